The first-order valence-corrected chi connectivity index (χ1v) is 9.82. The summed E-state index contributed by atoms with van der Waals surface area (Å²) in [5.74, 6) is -1.17. The largest absolute Gasteiger partial charge is 0.416 e. The van der Waals surface area contributed by atoms with E-state index in [0.29, 0.717) is 16.6 Å². The number of carbonyl (C=O) groups excluding carboxylic acids is 1. The van der Waals surface area contributed by atoms with Crippen LogP contribution in [0, 0.1) is 0 Å². The zero-order valence-corrected chi connectivity index (χ0v) is 17.2. The third-order valence-corrected chi connectivity index (χ3v) is 6.07. The van der Waals surface area contributed by atoms with Crippen LogP contribution >= 0.6 is 11.6 Å². The molecule has 0 saturated carbocycles. The molecule has 0 bridgehead atoms. The first-order chi connectivity index (χ1) is 14.1. The van der Waals surface area contributed by atoms with E-state index in [9.17, 15) is 39.6 Å². The second-order valence-electron chi connectivity index (χ2n) is 5.99. The number of nitrogens with one attached hydrogen (secondary N) is 1. The lowest BCUT2D eigenvalue weighted by Crippen LogP contribution is -2.26. The smallest absolute Gasteiger partial charge is 0.322 e. The van der Waals surface area contributed by atoms with Crippen molar-refractivity contribution in [3.63, 3.8) is 0 Å². The topological polar surface area (TPSA) is 75.7 Å². The molecule has 0 aliphatic carbocycles. The Labute approximate surface area is 177 Å². The molecule has 0 aromatic heterocycles. The average molecular weight is 491 g/mol. The molecule has 14 heteroatoms. The number of halogens is 7. The Morgan fingerprint density at radius 1 is 1.00 bits per heavy atom. The number of anilines is 1. The van der Waals surface area contributed by atoms with Crippen molar-refractivity contribution in [2.24, 2.45) is 0 Å². The molecule has 0 unspecified atom stereocenters. The highest BCUT2D eigenvalue weighted by Crippen LogP contribution is 2.37. The van der Waals surface area contributed by atoms with Crippen molar-refractivity contribution in [3.05, 3.63) is 58.1 Å². The Morgan fingerprint density at radius 3 is 1.97 bits per heavy atom. The van der Waals surface area contributed by atoms with E-state index in [0.717, 1.165) is 32.4 Å². The van der Waals surface area contributed by atoms with Crippen molar-refractivity contribution < 1.29 is 44.4 Å². The van der Waals surface area contributed by atoms with E-state index >= 15 is 0 Å². The molecule has 0 atom stereocenters. The van der Waals surface area contributed by atoms with Crippen LogP contribution in [-0.2, 0) is 27.2 Å². The summed E-state index contributed by atoms with van der Waals surface area (Å²) in [6, 6.07) is 3.42. The van der Waals surface area contributed by atoms with Crippen LogP contribution in [0.2, 0.25) is 5.02 Å². The summed E-state index contributed by atoms with van der Waals surface area (Å²) < 4.78 is 103. The number of amides is 1. The lowest BCUT2D eigenvalue weighted by atomic mass is 10.1. The third-order valence-electron chi connectivity index (χ3n) is 3.91. The molecule has 1 amide bonds. The van der Waals surface area contributed by atoms with Crippen molar-refractivity contribution in [2.75, 3.05) is 19.5 Å². The highest BCUT2D eigenvalue weighted by atomic mass is 35.5. The maximum absolute atomic E-state index is 13.0. The van der Waals surface area contributed by atoms with Gasteiger partial charge >= 0.3 is 12.4 Å². The molecule has 6 nitrogen and oxygen atoms in total. The van der Waals surface area contributed by atoms with Crippen molar-refractivity contribution in [2.45, 2.75) is 17.2 Å². The minimum absolute atomic E-state index is 0.0940. The molecule has 0 saturated heterocycles. The molecule has 2 aromatic rings. The van der Waals surface area contributed by atoms with Gasteiger partial charge in [-0.1, -0.05) is 16.1 Å². The van der Waals surface area contributed by atoms with Crippen LogP contribution < -0.4 is 5.32 Å². The number of alkyl halides is 6. The summed E-state index contributed by atoms with van der Waals surface area (Å²) in [5, 5.41) is 1.61. The van der Waals surface area contributed by atoms with Crippen molar-refractivity contribution in [3.8, 4) is 0 Å². The number of hydrogen-bond acceptors (Lipinski definition) is 4. The van der Waals surface area contributed by atoms with Crippen LogP contribution in [0.25, 0.3) is 0 Å². The molecule has 0 fully saturated rings. The fraction of sp³-hybridized carbons (Fsp3) is 0.235. The summed E-state index contributed by atoms with van der Waals surface area (Å²) in [5.41, 5.74) is -4.43. The molecular weight excluding hydrogens is 478 g/mol. The van der Waals surface area contributed by atoms with Crippen LogP contribution in [0.4, 0.5) is 32.0 Å². The maximum atomic E-state index is 13.0. The van der Waals surface area contributed by atoms with Crippen molar-refractivity contribution in [1.29, 1.82) is 0 Å². The van der Waals surface area contributed by atoms with Crippen molar-refractivity contribution in [1.82, 2.24) is 4.47 Å². The Kier molecular flexibility index (Phi) is 6.95. The third kappa shape index (κ3) is 5.67. The Hall–Kier alpha value is -2.35. The lowest BCUT2D eigenvalue weighted by molar-refractivity contribution is -0.143. The number of rotatable bonds is 5. The highest BCUT2D eigenvalue weighted by Gasteiger charge is 2.37. The molecule has 0 aliphatic rings. The van der Waals surface area contributed by atoms with E-state index in [2.05, 4.69) is 4.84 Å². The first kappa shape index (κ1) is 24.9. The predicted molar refractivity (Wildman–Crippen MR) is 97.8 cm³/mol. The average Bonchev–Trinajstić information content (AvgIpc) is 2.65. The summed E-state index contributed by atoms with van der Waals surface area (Å²) in [7, 11) is -2.21. The van der Waals surface area contributed by atoms with E-state index in [1.165, 1.54) is 0 Å². The molecule has 2 rings (SSSR count). The van der Waals surface area contributed by atoms with Gasteiger partial charge in [0.25, 0.3) is 15.9 Å². The van der Waals surface area contributed by atoms with Gasteiger partial charge in [-0.15, -0.1) is 0 Å². The molecule has 0 heterocycles. The Morgan fingerprint density at radius 2 is 1.52 bits per heavy atom. The molecule has 2 aromatic carbocycles. The molecule has 0 radical (unpaired) electrons. The summed E-state index contributed by atoms with van der Waals surface area (Å²) in [6.45, 7) is 0. The zero-order valence-electron chi connectivity index (χ0n) is 15.6. The Bertz CT molecular complexity index is 1070. The van der Waals surface area contributed by atoms with E-state index in [4.69, 9.17) is 11.6 Å². The predicted octanol–water partition coefficient (Wildman–Crippen LogP) is 4.81. The van der Waals surface area contributed by atoms with Crippen LogP contribution in [0.5, 0.6) is 0 Å². The van der Waals surface area contributed by atoms with E-state index in [1.54, 1.807) is 0 Å². The van der Waals surface area contributed by atoms with Crippen molar-refractivity contribution >= 4 is 33.2 Å². The van der Waals surface area contributed by atoms with Crippen LogP contribution in [0.15, 0.2) is 41.3 Å². The van der Waals surface area contributed by atoms with Crippen LogP contribution in [-0.4, -0.2) is 33.0 Å². The number of carbonyl (C=O) groups is 1. The van der Waals surface area contributed by atoms with Gasteiger partial charge in [-0.25, -0.2) is 8.42 Å². The number of sulfonamides is 1. The molecule has 170 valence electrons. The molecular formula is C17H13ClF6N2O4S. The second-order valence-corrected chi connectivity index (χ2v) is 8.30. The number of hydrogen-bond donors (Lipinski definition) is 1. The fourth-order valence-corrected chi connectivity index (χ4v) is 3.78. The van der Waals surface area contributed by atoms with Gasteiger partial charge in [0, 0.05) is 18.3 Å². The monoisotopic (exact) mass is 490 g/mol. The zero-order chi connectivity index (χ0) is 23.8. The van der Waals surface area contributed by atoms with Gasteiger partial charge in [0.05, 0.1) is 23.3 Å². The number of benzene rings is 2. The van der Waals surface area contributed by atoms with Crippen LogP contribution in [0.1, 0.15) is 21.5 Å². The quantitative estimate of drug-likeness (QED) is 0.482. The van der Waals surface area contributed by atoms with E-state index < -0.39 is 55.6 Å². The summed E-state index contributed by atoms with van der Waals surface area (Å²) >= 11 is 5.85. The standard InChI is InChI=1S/C17H13ClF6N2O4S/c1-26(30-2)31(28,29)14-5-9(3-4-13(14)18)15(27)25-12-7-10(16(19,20)21)6-11(8-12)17(22,23)24/h3-8H,1-2H3,(H,25,27). The van der Waals surface area contributed by atoms with E-state index in [-0.39, 0.29) is 11.1 Å². The molecule has 0 spiro atoms. The molecule has 31 heavy (non-hydrogen) atoms. The second kappa shape index (κ2) is 8.65. The highest BCUT2D eigenvalue weighted by molar-refractivity contribution is 7.89. The Balaban J connectivity index is 2.48. The fourth-order valence-electron chi connectivity index (χ4n) is 2.31. The maximum Gasteiger partial charge on any atom is 0.416 e. The number of hydroxylamine groups is 1. The normalized spacial score (nSPS) is 12.8. The van der Waals surface area contributed by atoms with Gasteiger partial charge in [-0.3, -0.25) is 9.63 Å². The van der Waals surface area contributed by atoms with Gasteiger partial charge in [0.15, 0.2) is 0 Å². The first-order valence-electron chi connectivity index (χ1n) is 8.01. The van der Waals surface area contributed by atoms with Gasteiger partial charge in [0.1, 0.15) is 4.90 Å². The molecule has 0 aliphatic heterocycles. The minimum Gasteiger partial charge on any atom is -0.322 e. The van der Waals surface area contributed by atoms with Crippen LogP contribution in [0.3, 0.4) is 0 Å². The van der Waals surface area contributed by atoms with Gasteiger partial charge in [-0.05, 0) is 36.4 Å². The van der Waals surface area contributed by atoms with E-state index in [1.807, 2.05) is 5.32 Å². The molecule has 1 N–H and O–H groups in total. The lowest BCUT2D eigenvalue weighted by Gasteiger charge is -2.16. The minimum atomic E-state index is -5.10. The SMILES string of the molecule is CON(C)S(=O)(=O)c1cc(C(=O)Nc2cc(C(F)(F)F)cc(C(F)(F)F)c2)ccc1Cl. The summed E-state index contributed by atoms with van der Waals surface area (Å²) in [6.07, 6.45) is -10.2. The number of nitrogens with zero attached hydrogens (tertiary/aromatic N) is 1. The summed E-state index contributed by atoms with van der Waals surface area (Å²) in [4.78, 5) is 16.4. The van der Waals surface area contributed by atoms with Gasteiger partial charge in [-0.2, -0.15) is 26.3 Å². The van der Waals surface area contributed by atoms with Gasteiger partial charge < -0.3 is 5.32 Å². The van der Waals surface area contributed by atoms with Gasteiger partial charge in [0.2, 0.25) is 0 Å².